The van der Waals surface area contributed by atoms with Crippen molar-refractivity contribution in [2.75, 3.05) is 6.79 Å². The number of carbonyl (C=O) groups is 1. The summed E-state index contributed by atoms with van der Waals surface area (Å²) in [5.74, 6) is 0.849. The van der Waals surface area contributed by atoms with Gasteiger partial charge in [0.2, 0.25) is 6.79 Å². The molecular formula is C15H10ClFO4. The van der Waals surface area contributed by atoms with Crippen LogP contribution in [0.1, 0.15) is 15.9 Å². The van der Waals surface area contributed by atoms with Crippen LogP contribution in [-0.2, 0) is 6.61 Å². The molecule has 0 fully saturated rings. The monoisotopic (exact) mass is 308 g/mol. The zero-order valence-electron chi connectivity index (χ0n) is 10.8. The fraction of sp³-hybridized carbons (Fsp3) is 0.133. The third-order valence-corrected chi connectivity index (χ3v) is 3.26. The van der Waals surface area contributed by atoms with Crippen molar-refractivity contribution in [3.05, 3.63) is 52.3 Å². The van der Waals surface area contributed by atoms with Gasteiger partial charge in [-0.25, -0.2) is 4.39 Å². The molecule has 0 unspecified atom stereocenters. The maximum Gasteiger partial charge on any atom is 0.231 e. The van der Waals surface area contributed by atoms with E-state index >= 15 is 0 Å². The van der Waals surface area contributed by atoms with E-state index in [2.05, 4.69) is 0 Å². The number of hydrogen-bond acceptors (Lipinski definition) is 4. The SMILES string of the molecule is O=Cc1cc2c(cc1OCc1cc(Cl)ccc1F)OCO2. The molecule has 0 N–H and O–H groups in total. The molecule has 0 aromatic heterocycles. The van der Waals surface area contributed by atoms with Crippen molar-refractivity contribution in [1.82, 2.24) is 0 Å². The van der Waals surface area contributed by atoms with Gasteiger partial charge in [0.15, 0.2) is 17.8 Å². The van der Waals surface area contributed by atoms with Crippen molar-refractivity contribution in [1.29, 1.82) is 0 Å². The highest BCUT2D eigenvalue weighted by atomic mass is 35.5. The Balaban J connectivity index is 1.85. The Labute approximate surface area is 125 Å². The van der Waals surface area contributed by atoms with Crippen molar-refractivity contribution in [3.63, 3.8) is 0 Å². The van der Waals surface area contributed by atoms with Gasteiger partial charge in [0.05, 0.1) is 5.56 Å². The molecule has 108 valence electrons. The van der Waals surface area contributed by atoms with Crippen LogP contribution in [-0.4, -0.2) is 13.1 Å². The molecule has 1 aliphatic heterocycles. The summed E-state index contributed by atoms with van der Waals surface area (Å²) in [6, 6.07) is 7.27. The highest BCUT2D eigenvalue weighted by molar-refractivity contribution is 6.30. The Kier molecular flexibility index (Phi) is 3.66. The van der Waals surface area contributed by atoms with E-state index in [1.165, 1.54) is 24.3 Å². The molecule has 4 nitrogen and oxygen atoms in total. The Hall–Kier alpha value is -2.27. The fourth-order valence-corrected chi connectivity index (χ4v) is 2.16. The molecule has 21 heavy (non-hydrogen) atoms. The molecule has 1 heterocycles. The van der Waals surface area contributed by atoms with Gasteiger partial charge in [0, 0.05) is 16.7 Å². The van der Waals surface area contributed by atoms with Crippen molar-refractivity contribution >= 4 is 17.9 Å². The molecule has 6 heteroatoms. The summed E-state index contributed by atoms with van der Waals surface area (Å²) in [6.07, 6.45) is 0.644. The lowest BCUT2D eigenvalue weighted by Gasteiger charge is -2.10. The first kappa shape index (κ1) is 13.7. The first-order valence-corrected chi connectivity index (χ1v) is 6.50. The minimum absolute atomic E-state index is 0.0487. The van der Waals surface area contributed by atoms with E-state index in [1.807, 2.05) is 0 Å². The minimum Gasteiger partial charge on any atom is -0.488 e. The standard InChI is InChI=1S/C15H10ClFO4/c16-11-1-2-12(17)10(3-11)7-19-13-5-15-14(20-8-21-15)4-9(13)6-18/h1-6H,7-8H2. The second-order valence-electron chi connectivity index (χ2n) is 4.39. The summed E-state index contributed by atoms with van der Waals surface area (Å²) >= 11 is 5.82. The predicted molar refractivity (Wildman–Crippen MR) is 73.7 cm³/mol. The summed E-state index contributed by atoms with van der Waals surface area (Å²) in [6.45, 7) is 0.0485. The van der Waals surface area contributed by atoms with Crippen LogP contribution >= 0.6 is 11.6 Å². The van der Waals surface area contributed by atoms with E-state index in [1.54, 1.807) is 6.07 Å². The summed E-state index contributed by atoms with van der Waals surface area (Å²) in [7, 11) is 0. The number of hydrogen-bond donors (Lipinski definition) is 0. The third kappa shape index (κ3) is 2.78. The third-order valence-electron chi connectivity index (χ3n) is 3.02. The molecule has 0 aliphatic carbocycles. The van der Waals surface area contributed by atoms with Gasteiger partial charge < -0.3 is 14.2 Å². The summed E-state index contributed by atoms with van der Waals surface area (Å²) in [5.41, 5.74) is 0.610. The second kappa shape index (κ2) is 5.61. The van der Waals surface area contributed by atoms with Crippen molar-refractivity contribution in [3.8, 4) is 17.2 Å². The van der Waals surface area contributed by atoms with Gasteiger partial charge >= 0.3 is 0 Å². The lowest BCUT2D eigenvalue weighted by Crippen LogP contribution is -2.01. The zero-order valence-corrected chi connectivity index (χ0v) is 11.5. The van der Waals surface area contributed by atoms with Crippen LogP contribution in [0.15, 0.2) is 30.3 Å². The van der Waals surface area contributed by atoms with Gasteiger partial charge in [0.25, 0.3) is 0 Å². The van der Waals surface area contributed by atoms with Crippen LogP contribution in [0.3, 0.4) is 0 Å². The quantitative estimate of drug-likeness (QED) is 0.810. The van der Waals surface area contributed by atoms with E-state index in [-0.39, 0.29) is 13.4 Å². The van der Waals surface area contributed by atoms with Gasteiger partial charge in [0.1, 0.15) is 18.2 Å². The highest BCUT2D eigenvalue weighted by Gasteiger charge is 2.18. The Morgan fingerprint density at radius 1 is 1.24 bits per heavy atom. The number of halogens is 2. The van der Waals surface area contributed by atoms with Crippen LogP contribution in [0.5, 0.6) is 17.2 Å². The number of aldehydes is 1. The number of benzene rings is 2. The van der Waals surface area contributed by atoms with E-state index in [4.69, 9.17) is 25.8 Å². The summed E-state index contributed by atoms with van der Waals surface area (Å²) in [4.78, 5) is 11.1. The predicted octanol–water partition coefficient (Wildman–Crippen LogP) is 3.60. The lowest BCUT2D eigenvalue weighted by molar-refractivity contribution is 0.111. The van der Waals surface area contributed by atoms with Gasteiger partial charge in [-0.1, -0.05) is 11.6 Å². The molecule has 0 amide bonds. The largest absolute Gasteiger partial charge is 0.488 e. The maximum atomic E-state index is 13.6. The van der Waals surface area contributed by atoms with Crippen LogP contribution in [0.4, 0.5) is 4.39 Å². The second-order valence-corrected chi connectivity index (χ2v) is 4.82. The Morgan fingerprint density at radius 2 is 2.00 bits per heavy atom. The number of ether oxygens (including phenoxy) is 3. The molecule has 0 radical (unpaired) electrons. The van der Waals surface area contributed by atoms with Crippen molar-refractivity contribution in [2.45, 2.75) is 6.61 Å². The van der Waals surface area contributed by atoms with Gasteiger partial charge in [-0.2, -0.15) is 0 Å². The first-order valence-electron chi connectivity index (χ1n) is 6.13. The van der Waals surface area contributed by atoms with Crippen LogP contribution in [0.2, 0.25) is 5.02 Å². The molecular weight excluding hydrogens is 299 g/mol. The normalized spacial score (nSPS) is 12.3. The van der Waals surface area contributed by atoms with E-state index < -0.39 is 5.82 Å². The minimum atomic E-state index is -0.423. The van der Waals surface area contributed by atoms with E-state index in [0.29, 0.717) is 39.7 Å². The molecule has 0 spiro atoms. The lowest BCUT2D eigenvalue weighted by atomic mass is 10.2. The Bertz CT molecular complexity index is 702. The van der Waals surface area contributed by atoms with E-state index in [9.17, 15) is 9.18 Å². The van der Waals surface area contributed by atoms with Crippen LogP contribution in [0.25, 0.3) is 0 Å². The molecule has 0 bridgehead atoms. The average Bonchev–Trinajstić information content (AvgIpc) is 2.94. The highest BCUT2D eigenvalue weighted by Crippen LogP contribution is 2.37. The molecule has 3 rings (SSSR count). The smallest absolute Gasteiger partial charge is 0.231 e. The van der Waals surface area contributed by atoms with E-state index in [0.717, 1.165) is 0 Å². The number of fused-ring (bicyclic) bond motifs is 1. The zero-order chi connectivity index (χ0) is 14.8. The molecule has 2 aromatic rings. The molecule has 0 atom stereocenters. The first-order chi connectivity index (χ1) is 10.2. The van der Waals surface area contributed by atoms with Crippen LogP contribution in [0, 0.1) is 5.82 Å². The number of carbonyl (C=O) groups excluding carboxylic acids is 1. The van der Waals surface area contributed by atoms with Crippen LogP contribution < -0.4 is 14.2 Å². The van der Waals surface area contributed by atoms with Gasteiger partial charge in [-0.05, 0) is 24.3 Å². The number of rotatable bonds is 4. The molecule has 1 aliphatic rings. The maximum absolute atomic E-state index is 13.6. The molecule has 0 saturated heterocycles. The van der Waals surface area contributed by atoms with Gasteiger partial charge in [-0.15, -0.1) is 0 Å². The van der Waals surface area contributed by atoms with Crippen molar-refractivity contribution in [2.24, 2.45) is 0 Å². The van der Waals surface area contributed by atoms with Crippen molar-refractivity contribution < 1.29 is 23.4 Å². The average molecular weight is 309 g/mol. The van der Waals surface area contributed by atoms with Gasteiger partial charge in [-0.3, -0.25) is 4.79 Å². The topological polar surface area (TPSA) is 44.8 Å². The summed E-state index contributed by atoms with van der Waals surface area (Å²) < 4.78 is 29.5. The fourth-order valence-electron chi connectivity index (χ4n) is 1.97. The summed E-state index contributed by atoms with van der Waals surface area (Å²) in [5, 5.41) is 0.413. The molecule has 2 aromatic carbocycles. The Morgan fingerprint density at radius 3 is 2.76 bits per heavy atom. The molecule has 0 saturated carbocycles.